The van der Waals surface area contributed by atoms with Gasteiger partial charge in [0.2, 0.25) is 12.0 Å². The molecule has 4 nitrogen and oxygen atoms in total. The molecule has 2 aromatic rings. The molecule has 156 valence electrons. The summed E-state index contributed by atoms with van der Waals surface area (Å²) in [5, 5.41) is 3.23. The minimum atomic E-state index is -0.274. The van der Waals surface area contributed by atoms with Crippen LogP contribution in [0.5, 0.6) is 5.75 Å². The van der Waals surface area contributed by atoms with Gasteiger partial charge in [0.05, 0.1) is 12.8 Å². The van der Waals surface area contributed by atoms with Gasteiger partial charge in [-0.25, -0.2) is 4.39 Å². The second kappa shape index (κ2) is 8.34. The van der Waals surface area contributed by atoms with Crippen molar-refractivity contribution in [3.63, 3.8) is 0 Å². The van der Waals surface area contributed by atoms with E-state index in [-0.39, 0.29) is 11.9 Å². The zero-order valence-electron chi connectivity index (χ0n) is 17.8. The number of benzene rings is 2. The molecule has 1 N–H and O–H groups in total. The van der Waals surface area contributed by atoms with Crippen LogP contribution in [0.25, 0.3) is 0 Å². The van der Waals surface area contributed by atoms with E-state index in [1.165, 1.54) is 23.3 Å². The van der Waals surface area contributed by atoms with Gasteiger partial charge < -0.3 is 14.8 Å². The molecular formula is C25H28FN2O2+. The normalized spacial score (nSPS) is 18.8. The lowest BCUT2D eigenvalue weighted by molar-refractivity contribution is -0.401. The van der Waals surface area contributed by atoms with E-state index in [9.17, 15) is 4.39 Å². The van der Waals surface area contributed by atoms with Gasteiger partial charge in [-0.1, -0.05) is 18.7 Å². The first-order valence-corrected chi connectivity index (χ1v) is 10.4. The average Bonchev–Trinajstić information content (AvgIpc) is 3.50. The molecule has 30 heavy (non-hydrogen) atoms. The van der Waals surface area contributed by atoms with Crippen molar-refractivity contribution < 1.29 is 18.4 Å². The summed E-state index contributed by atoms with van der Waals surface area (Å²) in [6, 6.07) is 11.1. The van der Waals surface area contributed by atoms with Crippen LogP contribution in [0.1, 0.15) is 30.0 Å². The first-order chi connectivity index (χ1) is 14.5. The zero-order valence-corrected chi connectivity index (χ0v) is 17.8. The molecule has 0 saturated carbocycles. The van der Waals surface area contributed by atoms with Crippen LogP contribution in [-0.4, -0.2) is 30.5 Å². The van der Waals surface area contributed by atoms with Crippen LogP contribution in [0.4, 0.5) is 10.1 Å². The maximum absolute atomic E-state index is 13.8. The Hall–Kier alpha value is -3.08. The van der Waals surface area contributed by atoms with Crippen molar-refractivity contribution in [3.8, 4) is 5.75 Å². The first kappa shape index (κ1) is 20.2. The Kier molecular flexibility index (Phi) is 5.62. The van der Waals surface area contributed by atoms with Gasteiger partial charge in [-0.2, -0.15) is 4.58 Å². The summed E-state index contributed by atoms with van der Waals surface area (Å²) in [4.78, 5) is 0. The molecule has 1 aliphatic heterocycles. The van der Waals surface area contributed by atoms with E-state index in [0.717, 1.165) is 48.6 Å². The Morgan fingerprint density at radius 2 is 2.13 bits per heavy atom. The van der Waals surface area contributed by atoms with Crippen LogP contribution in [0.3, 0.4) is 0 Å². The number of nitrogens with one attached hydrogen (secondary N) is 1. The van der Waals surface area contributed by atoms with E-state index in [1.54, 1.807) is 7.11 Å². The molecule has 0 amide bonds. The maximum Gasteiger partial charge on any atom is 0.314 e. The fraction of sp³-hybridized carbons (Fsp3) is 0.320. The van der Waals surface area contributed by atoms with Gasteiger partial charge in [0.25, 0.3) is 0 Å². The van der Waals surface area contributed by atoms with Crippen molar-refractivity contribution in [2.45, 2.75) is 39.2 Å². The van der Waals surface area contributed by atoms with E-state index < -0.39 is 0 Å². The summed E-state index contributed by atoms with van der Waals surface area (Å²) in [6.45, 7) is 9.03. The van der Waals surface area contributed by atoms with Crippen molar-refractivity contribution >= 4 is 11.9 Å². The molecule has 4 rings (SSSR count). The molecule has 0 saturated heterocycles. The highest BCUT2D eigenvalue weighted by Gasteiger charge is 2.36. The fourth-order valence-corrected chi connectivity index (χ4v) is 4.08. The number of halogens is 1. The van der Waals surface area contributed by atoms with Crippen molar-refractivity contribution in [2.24, 2.45) is 0 Å². The molecule has 0 aromatic heterocycles. The standard InChI is InChI=1S/C25H28FN2O2/c1-5-28-15-23(28)25(17(3)27-20-12-16(2)11-19(26)13-20)30-21-10-9-18-7-6-8-24(29-4)22(18)14-21/h6-8,11-13,15,21,27H,3,5,9-10,14H2,1-2,4H3/q+1/b25-23-. The SMILES string of the molecule is C=C(Nc1cc(C)cc(F)c1)/C(OC1CCc2cccc(OC)c2C1)=C1C=[N+]\1CC. The Balaban J connectivity index is 1.54. The van der Waals surface area contributed by atoms with Gasteiger partial charge >= 0.3 is 5.70 Å². The van der Waals surface area contributed by atoms with Gasteiger partial charge in [0.1, 0.15) is 24.2 Å². The minimum absolute atomic E-state index is 0.0248. The number of nitrogens with zero attached hydrogens (tertiary/aromatic N) is 1. The lowest BCUT2D eigenvalue weighted by atomic mass is 9.89. The number of fused-ring (bicyclic) bond motifs is 1. The number of ether oxygens (including phenoxy) is 2. The van der Waals surface area contributed by atoms with Crippen molar-refractivity contribution in [1.82, 2.24) is 0 Å². The van der Waals surface area contributed by atoms with E-state index >= 15 is 0 Å². The highest BCUT2D eigenvalue weighted by Crippen LogP contribution is 2.33. The number of hydrogen-bond acceptors (Lipinski definition) is 3. The minimum Gasteiger partial charge on any atom is -0.496 e. The van der Waals surface area contributed by atoms with Gasteiger partial charge in [-0.15, -0.1) is 0 Å². The number of methoxy groups -OCH3 is 1. The van der Waals surface area contributed by atoms with Crippen LogP contribution in [0, 0.1) is 12.7 Å². The zero-order chi connectivity index (χ0) is 21.3. The predicted octanol–water partition coefficient (Wildman–Crippen LogP) is 4.97. The molecule has 1 aliphatic carbocycles. The van der Waals surface area contributed by atoms with E-state index in [0.29, 0.717) is 11.4 Å². The first-order valence-electron chi connectivity index (χ1n) is 10.4. The molecule has 1 heterocycles. The molecule has 0 radical (unpaired) electrons. The summed E-state index contributed by atoms with van der Waals surface area (Å²) >= 11 is 0. The third-order valence-corrected chi connectivity index (χ3v) is 5.61. The van der Waals surface area contributed by atoms with Crippen molar-refractivity contribution in [3.05, 3.63) is 82.6 Å². The monoisotopic (exact) mass is 407 g/mol. The van der Waals surface area contributed by atoms with Crippen LogP contribution < -0.4 is 10.1 Å². The molecule has 0 bridgehead atoms. The maximum atomic E-state index is 13.8. The Morgan fingerprint density at radius 1 is 1.30 bits per heavy atom. The summed E-state index contributed by atoms with van der Waals surface area (Å²) < 4.78 is 28.0. The Bertz CT molecular complexity index is 1020. The molecular weight excluding hydrogens is 379 g/mol. The predicted molar refractivity (Wildman–Crippen MR) is 118 cm³/mol. The second-order valence-electron chi connectivity index (χ2n) is 7.83. The molecule has 0 fully saturated rings. The Labute approximate surface area is 177 Å². The van der Waals surface area contributed by atoms with Gasteiger partial charge in [0, 0.05) is 17.7 Å². The third-order valence-electron chi connectivity index (χ3n) is 5.61. The van der Waals surface area contributed by atoms with E-state index in [2.05, 4.69) is 35.7 Å². The summed E-state index contributed by atoms with van der Waals surface area (Å²) in [6.07, 6.45) is 4.74. The van der Waals surface area contributed by atoms with E-state index in [4.69, 9.17) is 9.47 Å². The topological polar surface area (TPSA) is 33.5 Å². The number of allylic oxidation sites excluding steroid dienone is 1. The Morgan fingerprint density at radius 3 is 2.83 bits per heavy atom. The lowest BCUT2D eigenvalue weighted by Gasteiger charge is -2.27. The van der Waals surface area contributed by atoms with Crippen LogP contribution in [-0.2, 0) is 17.6 Å². The largest absolute Gasteiger partial charge is 0.496 e. The van der Waals surface area contributed by atoms with Gasteiger partial charge in [0.15, 0.2) is 0 Å². The fourth-order valence-electron chi connectivity index (χ4n) is 4.08. The quantitative estimate of drug-likeness (QED) is 0.520. The molecule has 5 heteroatoms. The van der Waals surface area contributed by atoms with Gasteiger partial charge in [-0.3, -0.25) is 0 Å². The summed E-state index contributed by atoms with van der Waals surface area (Å²) in [5.41, 5.74) is 5.71. The number of rotatable bonds is 7. The number of hydrogen-bond donors (Lipinski definition) is 1. The average molecular weight is 408 g/mol. The van der Waals surface area contributed by atoms with Crippen LogP contribution in [0.15, 0.2) is 60.1 Å². The third kappa shape index (κ3) is 4.25. The molecule has 2 aromatic carbocycles. The highest BCUT2D eigenvalue weighted by molar-refractivity contribution is 5.83. The van der Waals surface area contributed by atoms with Crippen LogP contribution >= 0.6 is 0 Å². The van der Waals surface area contributed by atoms with Crippen molar-refractivity contribution in [1.29, 1.82) is 0 Å². The molecule has 0 spiro atoms. The van der Waals surface area contributed by atoms with E-state index in [1.807, 2.05) is 25.1 Å². The lowest BCUT2D eigenvalue weighted by Crippen LogP contribution is -2.24. The number of aryl methyl sites for hydroxylation is 2. The number of anilines is 1. The summed E-state index contributed by atoms with van der Waals surface area (Å²) in [7, 11) is 1.71. The van der Waals surface area contributed by atoms with Gasteiger partial charge in [-0.05, 0) is 62.1 Å². The van der Waals surface area contributed by atoms with Crippen LogP contribution in [0.2, 0.25) is 0 Å². The molecule has 1 unspecified atom stereocenters. The smallest absolute Gasteiger partial charge is 0.314 e. The van der Waals surface area contributed by atoms with Crippen molar-refractivity contribution in [2.75, 3.05) is 19.0 Å². The highest BCUT2D eigenvalue weighted by atomic mass is 19.1. The molecule has 1 atom stereocenters. The molecule has 2 aliphatic rings. The second-order valence-corrected chi connectivity index (χ2v) is 7.83. The summed E-state index contributed by atoms with van der Waals surface area (Å²) in [5.74, 6) is 1.36.